The lowest BCUT2D eigenvalue weighted by atomic mass is 9.98. The number of halogens is 2. The van der Waals surface area contributed by atoms with Crippen molar-refractivity contribution in [2.45, 2.75) is 19.5 Å². The summed E-state index contributed by atoms with van der Waals surface area (Å²) in [7, 11) is 0. The number of hydrogen-bond acceptors (Lipinski definition) is 4. The van der Waals surface area contributed by atoms with E-state index in [9.17, 15) is 9.59 Å². The molecule has 31 heavy (non-hydrogen) atoms. The van der Waals surface area contributed by atoms with Gasteiger partial charge < -0.3 is 9.32 Å². The fourth-order valence-electron chi connectivity index (χ4n) is 3.98. The van der Waals surface area contributed by atoms with E-state index in [1.54, 1.807) is 41.6 Å². The summed E-state index contributed by atoms with van der Waals surface area (Å²) in [6.07, 6.45) is 3.37. The third kappa shape index (κ3) is 3.30. The van der Waals surface area contributed by atoms with Crippen LogP contribution < -0.4 is 5.43 Å². The van der Waals surface area contributed by atoms with E-state index in [1.807, 2.05) is 31.2 Å². The minimum Gasteiger partial charge on any atom is -0.450 e. The average Bonchev–Trinajstić information content (AvgIpc) is 3.03. The van der Waals surface area contributed by atoms with Crippen LogP contribution in [0.4, 0.5) is 0 Å². The Morgan fingerprint density at radius 3 is 2.58 bits per heavy atom. The van der Waals surface area contributed by atoms with Gasteiger partial charge in [-0.2, -0.15) is 0 Å². The van der Waals surface area contributed by atoms with Crippen LogP contribution in [0.1, 0.15) is 38.9 Å². The number of carbonyl (C=O) groups is 1. The van der Waals surface area contributed by atoms with E-state index in [2.05, 4.69) is 4.98 Å². The summed E-state index contributed by atoms with van der Waals surface area (Å²) in [4.78, 5) is 32.7. The molecule has 0 unspecified atom stereocenters. The molecule has 0 saturated heterocycles. The SMILES string of the molecule is Cc1cc2oc3c(c(=O)c2cc1Cl)[C@@H](c1ccc(Cl)cc1)N(Cc1cccnc1)C3=O. The molecule has 1 amide bonds. The Balaban J connectivity index is 1.75. The molecule has 4 aromatic rings. The van der Waals surface area contributed by atoms with Crippen LogP contribution in [-0.2, 0) is 6.54 Å². The van der Waals surface area contributed by atoms with Crippen molar-refractivity contribution in [1.82, 2.24) is 9.88 Å². The van der Waals surface area contributed by atoms with Gasteiger partial charge in [0.2, 0.25) is 5.76 Å². The molecule has 0 fully saturated rings. The fraction of sp³-hybridized carbons (Fsp3) is 0.125. The summed E-state index contributed by atoms with van der Waals surface area (Å²) in [6.45, 7) is 2.10. The second-order valence-electron chi connectivity index (χ2n) is 7.52. The Morgan fingerprint density at radius 2 is 1.87 bits per heavy atom. The molecule has 3 heterocycles. The summed E-state index contributed by atoms with van der Waals surface area (Å²) in [5.41, 5.74) is 2.77. The lowest BCUT2D eigenvalue weighted by Crippen LogP contribution is -2.29. The zero-order valence-corrected chi connectivity index (χ0v) is 17.9. The standard InChI is InChI=1S/C24H16Cl2N2O3/c1-13-9-19-17(10-18(13)26)22(29)20-21(15-4-6-16(25)7-5-15)28(24(30)23(20)31-19)12-14-3-2-8-27-11-14/h2-11,21H,12H2,1H3/t21-/m1/s1. The third-order valence-electron chi connectivity index (χ3n) is 5.51. The predicted octanol–water partition coefficient (Wildman–Crippen LogP) is 5.55. The molecular weight excluding hydrogens is 435 g/mol. The van der Waals surface area contributed by atoms with Gasteiger partial charge in [-0.25, -0.2) is 0 Å². The topological polar surface area (TPSA) is 63.4 Å². The molecule has 0 radical (unpaired) electrons. The molecule has 2 aromatic heterocycles. The second kappa shape index (κ2) is 7.52. The highest BCUT2D eigenvalue weighted by molar-refractivity contribution is 6.32. The van der Waals surface area contributed by atoms with E-state index < -0.39 is 6.04 Å². The van der Waals surface area contributed by atoms with Crippen molar-refractivity contribution in [2.75, 3.05) is 0 Å². The molecule has 154 valence electrons. The number of aryl methyl sites for hydroxylation is 1. The van der Waals surface area contributed by atoms with Gasteiger partial charge in [-0.05, 0) is 53.9 Å². The van der Waals surface area contributed by atoms with Crippen molar-refractivity contribution in [1.29, 1.82) is 0 Å². The Labute approximate surface area is 187 Å². The molecule has 2 aromatic carbocycles. The van der Waals surface area contributed by atoms with E-state index in [0.29, 0.717) is 26.6 Å². The van der Waals surface area contributed by atoms with Crippen molar-refractivity contribution in [3.05, 3.63) is 109 Å². The van der Waals surface area contributed by atoms with E-state index in [0.717, 1.165) is 16.7 Å². The van der Waals surface area contributed by atoms with Crippen LogP contribution in [0.25, 0.3) is 11.0 Å². The largest absolute Gasteiger partial charge is 0.450 e. The van der Waals surface area contributed by atoms with Crippen LogP contribution in [-0.4, -0.2) is 15.8 Å². The van der Waals surface area contributed by atoms with E-state index in [1.165, 1.54) is 0 Å². The summed E-state index contributed by atoms with van der Waals surface area (Å²) >= 11 is 12.3. The van der Waals surface area contributed by atoms with Gasteiger partial charge in [-0.15, -0.1) is 0 Å². The van der Waals surface area contributed by atoms with E-state index in [4.69, 9.17) is 27.6 Å². The summed E-state index contributed by atoms with van der Waals surface area (Å²) in [6, 6.07) is 13.5. The minimum atomic E-state index is -0.610. The summed E-state index contributed by atoms with van der Waals surface area (Å²) in [5.74, 6) is -0.284. The van der Waals surface area contributed by atoms with E-state index >= 15 is 0 Å². The van der Waals surface area contributed by atoms with Gasteiger partial charge in [0, 0.05) is 29.0 Å². The number of amides is 1. The fourth-order valence-corrected chi connectivity index (χ4v) is 4.27. The molecule has 0 bridgehead atoms. The number of aromatic nitrogens is 1. The lowest BCUT2D eigenvalue weighted by Gasteiger charge is -2.25. The van der Waals surface area contributed by atoms with Gasteiger partial charge in [0.1, 0.15) is 5.58 Å². The van der Waals surface area contributed by atoms with Gasteiger partial charge >= 0.3 is 0 Å². The first-order valence-electron chi connectivity index (χ1n) is 9.66. The van der Waals surface area contributed by atoms with Crippen molar-refractivity contribution < 1.29 is 9.21 Å². The average molecular weight is 451 g/mol. The maximum Gasteiger partial charge on any atom is 0.291 e. The van der Waals surface area contributed by atoms with Gasteiger partial charge in [0.25, 0.3) is 5.91 Å². The number of nitrogens with zero attached hydrogens (tertiary/aromatic N) is 2. The minimum absolute atomic E-state index is 0.0584. The van der Waals surface area contributed by atoms with Crippen LogP contribution in [0.15, 0.2) is 70.1 Å². The van der Waals surface area contributed by atoms with Crippen molar-refractivity contribution in [3.8, 4) is 0 Å². The molecule has 1 aliphatic heterocycles. The first-order chi connectivity index (χ1) is 14.9. The molecule has 0 saturated carbocycles. The number of fused-ring (bicyclic) bond motifs is 2. The molecule has 5 rings (SSSR count). The first kappa shape index (κ1) is 19.8. The lowest BCUT2D eigenvalue weighted by molar-refractivity contribution is 0.0714. The highest BCUT2D eigenvalue weighted by atomic mass is 35.5. The van der Waals surface area contributed by atoms with Crippen LogP contribution in [0, 0.1) is 6.92 Å². The van der Waals surface area contributed by atoms with E-state index in [-0.39, 0.29) is 23.6 Å². The number of carbonyl (C=O) groups excluding carboxylic acids is 1. The maximum atomic E-state index is 13.5. The summed E-state index contributed by atoms with van der Waals surface area (Å²) in [5, 5.41) is 1.39. The number of pyridine rings is 1. The normalized spacial score (nSPS) is 15.5. The smallest absolute Gasteiger partial charge is 0.291 e. The van der Waals surface area contributed by atoms with Crippen molar-refractivity contribution in [2.24, 2.45) is 0 Å². The molecule has 0 spiro atoms. The molecule has 0 aliphatic carbocycles. The molecule has 5 nitrogen and oxygen atoms in total. The third-order valence-corrected chi connectivity index (χ3v) is 6.17. The molecule has 1 atom stereocenters. The number of rotatable bonds is 3. The zero-order valence-electron chi connectivity index (χ0n) is 16.4. The van der Waals surface area contributed by atoms with Gasteiger partial charge in [-0.1, -0.05) is 41.4 Å². The van der Waals surface area contributed by atoms with Gasteiger partial charge in [0.05, 0.1) is 17.0 Å². The number of benzene rings is 2. The predicted molar refractivity (Wildman–Crippen MR) is 120 cm³/mol. The molecule has 0 N–H and O–H groups in total. The second-order valence-corrected chi connectivity index (χ2v) is 8.36. The maximum absolute atomic E-state index is 13.5. The van der Waals surface area contributed by atoms with Crippen LogP contribution in [0.5, 0.6) is 0 Å². The molecule has 1 aliphatic rings. The molecular formula is C24H16Cl2N2O3. The Morgan fingerprint density at radius 1 is 1.10 bits per heavy atom. The van der Waals surface area contributed by atoms with Crippen LogP contribution in [0.2, 0.25) is 10.0 Å². The van der Waals surface area contributed by atoms with Crippen molar-refractivity contribution in [3.63, 3.8) is 0 Å². The van der Waals surface area contributed by atoms with Crippen LogP contribution in [0.3, 0.4) is 0 Å². The highest BCUT2D eigenvalue weighted by Crippen LogP contribution is 2.39. The van der Waals surface area contributed by atoms with Crippen molar-refractivity contribution >= 4 is 40.1 Å². The monoisotopic (exact) mass is 450 g/mol. The zero-order chi connectivity index (χ0) is 21.7. The Hall–Kier alpha value is -3.15. The molecule has 7 heteroatoms. The Kier molecular flexibility index (Phi) is 4.80. The first-order valence-corrected chi connectivity index (χ1v) is 10.4. The van der Waals surface area contributed by atoms with Gasteiger partial charge in [0.15, 0.2) is 5.43 Å². The quantitative estimate of drug-likeness (QED) is 0.410. The summed E-state index contributed by atoms with van der Waals surface area (Å²) < 4.78 is 5.99. The van der Waals surface area contributed by atoms with Gasteiger partial charge in [-0.3, -0.25) is 14.6 Å². The Bertz CT molecular complexity index is 1380. The highest BCUT2D eigenvalue weighted by Gasteiger charge is 2.42. The van der Waals surface area contributed by atoms with Crippen LogP contribution >= 0.6 is 23.2 Å². The number of hydrogen-bond donors (Lipinski definition) is 0.